The molecule has 5 aliphatic rings. The van der Waals surface area contributed by atoms with Gasteiger partial charge in [0.25, 0.3) is 5.91 Å². The SMILES string of the molecule is O=C(NC12CC(n3cc(-c4ccc(C5CC5)cn4)cn3)(C1)C2)[C@H]1C[C@@H](O)c2cc(Cl)ccc2O1. The Kier molecular flexibility index (Phi) is 4.25. The van der Waals surface area contributed by atoms with Gasteiger partial charge in [-0.25, -0.2) is 0 Å². The zero-order valence-corrected chi connectivity index (χ0v) is 19.3. The van der Waals surface area contributed by atoms with Gasteiger partial charge < -0.3 is 15.2 Å². The van der Waals surface area contributed by atoms with E-state index in [4.69, 9.17) is 16.3 Å². The number of benzene rings is 1. The first-order valence-electron chi connectivity index (χ1n) is 11.9. The van der Waals surface area contributed by atoms with E-state index in [-0.39, 0.29) is 23.4 Å². The highest BCUT2D eigenvalue weighted by Crippen LogP contribution is 2.65. The molecular weight excluding hydrogens is 452 g/mol. The van der Waals surface area contributed by atoms with Crippen molar-refractivity contribution in [3.05, 3.63) is 65.1 Å². The van der Waals surface area contributed by atoms with Gasteiger partial charge in [0.2, 0.25) is 0 Å². The van der Waals surface area contributed by atoms with E-state index < -0.39 is 12.2 Å². The Morgan fingerprint density at radius 2 is 2.00 bits per heavy atom. The maximum absolute atomic E-state index is 13.0. The van der Waals surface area contributed by atoms with Crippen molar-refractivity contribution in [2.24, 2.45) is 0 Å². The van der Waals surface area contributed by atoms with E-state index in [1.165, 1.54) is 18.4 Å². The third kappa shape index (κ3) is 3.17. The van der Waals surface area contributed by atoms with Crippen LogP contribution in [0.5, 0.6) is 5.75 Å². The molecule has 7 nitrogen and oxygen atoms in total. The van der Waals surface area contributed by atoms with Crippen LogP contribution >= 0.6 is 11.6 Å². The predicted molar refractivity (Wildman–Crippen MR) is 126 cm³/mol. The molecule has 1 amide bonds. The molecule has 174 valence electrons. The maximum atomic E-state index is 13.0. The quantitative estimate of drug-likeness (QED) is 0.578. The number of aromatic nitrogens is 3. The second kappa shape index (κ2) is 7.06. The largest absolute Gasteiger partial charge is 0.480 e. The molecule has 3 aromatic rings. The van der Waals surface area contributed by atoms with Crippen molar-refractivity contribution in [3.8, 4) is 17.0 Å². The number of carbonyl (C=O) groups excluding carboxylic acids is 1. The number of fused-ring (bicyclic) bond motifs is 1. The second-order valence-corrected chi connectivity index (χ2v) is 10.9. The van der Waals surface area contributed by atoms with Crippen LogP contribution in [0.2, 0.25) is 5.02 Å². The molecule has 0 spiro atoms. The average molecular weight is 477 g/mol. The molecule has 8 heteroatoms. The van der Waals surface area contributed by atoms with Crippen LogP contribution in [0.4, 0.5) is 0 Å². The summed E-state index contributed by atoms with van der Waals surface area (Å²) in [5.41, 5.74) is 3.69. The lowest BCUT2D eigenvalue weighted by Gasteiger charge is -2.70. The van der Waals surface area contributed by atoms with Crippen molar-refractivity contribution >= 4 is 17.5 Å². The number of aliphatic hydroxyl groups is 1. The van der Waals surface area contributed by atoms with Gasteiger partial charge in [0.15, 0.2) is 6.10 Å². The van der Waals surface area contributed by atoms with Crippen LogP contribution < -0.4 is 10.1 Å². The summed E-state index contributed by atoms with van der Waals surface area (Å²) in [6, 6.07) is 9.37. The number of nitrogens with zero attached hydrogens (tertiary/aromatic N) is 3. The average Bonchev–Trinajstić information content (AvgIpc) is 3.52. The van der Waals surface area contributed by atoms with Gasteiger partial charge in [0.05, 0.1) is 23.5 Å². The number of carbonyl (C=O) groups is 1. The van der Waals surface area contributed by atoms with E-state index in [0.717, 1.165) is 30.5 Å². The van der Waals surface area contributed by atoms with E-state index in [1.807, 2.05) is 17.1 Å². The number of hydrogen-bond donors (Lipinski definition) is 2. The van der Waals surface area contributed by atoms with Crippen molar-refractivity contribution in [1.29, 1.82) is 0 Å². The number of aliphatic hydroxyl groups excluding tert-OH is 1. The Hall–Kier alpha value is -2.90. The third-order valence-electron chi connectivity index (χ3n) is 7.92. The van der Waals surface area contributed by atoms with Gasteiger partial charge in [0, 0.05) is 40.5 Å². The van der Waals surface area contributed by atoms with Crippen LogP contribution in [-0.4, -0.2) is 37.4 Å². The molecule has 2 aromatic heterocycles. The zero-order chi connectivity index (χ0) is 23.1. The predicted octanol–water partition coefficient (Wildman–Crippen LogP) is 4.11. The molecule has 2 bridgehead atoms. The van der Waals surface area contributed by atoms with Crippen LogP contribution in [0.1, 0.15) is 61.7 Å². The summed E-state index contributed by atoms with van der Waals surface area (Å²) in [6.07, 6.45) is 9.78. The molecule has 3 heterocycles. The lowest BCUT2D eigenvalue weighted by molar-refractivity contribution is -0.164. The minimum Gasteiger partial charge on any atom is -0.480 e. The minimum absolute atomic E-state index is 0.0320. The fourth-order valence-electron chi connectivity index (χ4n) is 5.98. The third-order valence-corrected chi connectivity index (χ3v) is 8.16. The number of ether oxygens (including phenoxy) is 1. The molecule has 4 fully saturated rings. The van der Waals surface area contributed by atoms with Crippen LogP contribution in [0.15, 0.2) is 48.9 Å². The molecule has 0 saturated heterocycles. The van der Waals surface area contributed by atoms with Gasteiger partial charge in [-0.1, -0.05) is 17.7 Å². The van der Waals surface area contributed by atoms with E-state index in [1.54, 1.807) is 18.2 Å². The zero-order valence-electron chi connectivity index (χ0n) is 18.6. The Labute approximate surface area is 202 Å². The lowest BCUT2D eigenvalue weighted by atomic mass is 9.44. The Bertz CT molecular complexity index is 1280. The van der Waals surface area contributed by atoms with Gasteiger partial charge in [-0.15, -0.1) is 0 Å². The number of pyridine rings is 1. The molecule has 2 N–H and O–H groups in total. The first-order valence-corrected chi connectivity index (χ1v) is 12.3. The fourth-order valence-corrected chi connectivity index (χ4v) is 6.16. The summed E-state index contributed by atoms with van der Waals surface area (Å²) in [5.74, 6) is 1.04. The Balaban J connectivity index is 0.995. The first kappa shape index (κ1) is 20.5. The Morgan fingerprint density at radius 3 is 2.74 bits per heavy atom. The van der Waals surface area contributed by atoms with Crippen LogP contribution in [0, 0.1) is 0 Å². The highest BCUT2D eigenvalue weighted by Gasteiger charge is 2.70. The Morgan fingerprint density at radius 1 is 1.18 bits per heavy atom. The summed E-state index contributed by atoms with van der Waals surface area (Å²) in [4.78, 5) is 17.6. The molecule has 0 unspecified atom stereocenters. The van der Waals surface area contributed by atoms with Gasteiger partial charge in [-0.3, -0.25) is 14.5 Å². The number of amides is 1. The summed E-state index contributed by atoms with van der Waals surface area (Å²) in [7, 11) is 0. The maximum Gasteiger partial charge on any atom is 0.261 e. The topological polar surface area (TPSA) is 89.3 Å². The van der Waals surface area contributed by atoms with Crippen molar-refractivity contribution < 1.29 is 14.6 Å². The van der Waals surface area contributed by atoms with Gasteiger partial charge in [-0.2, -0.15) is 5.10 Å². The lowest BCUT2D eigenvalue weighted by Crippen LogP contribution is -2.79. The molecule has 0 radical (unpaired) electrons. The molecule has 4 aliphatic carbocycles. The first-order chi connectivity index (χ1) is 16.4. The smallest absolute Gasteiger partial charge is 0.261 e. The van der Waals surface area contributed by atoms with Crippen LogP contribution in [0.25, 0.3) is 11.3 Å². The van der Waals surface area contributed by atoms with Crippen molar-refractivity contribution in [2.45, 2.75) is 67.7 Å². The van der Waals surface area contributed by atoms with Crippen molar-refractivity contribution in [1.82, 2.24) is 20.1 Å². The molecular formula is C26H25ClN4O3. The number of nitrogens with one attached hydrogen (secondary N) is 1. The second-order valence-electron chi connectivity index (χ2n) is 10.5. The molecule has 8 rings (SSSR count). The normalized spacial score (nSPS) is 31.0. The van der Waals surface area contributed by atoms with E-state index in [9.17, 15) is 9.90 Å². The van der Waals surface area contributed by atoms with E-state index >= 15 is 0 Å². The van der Waals surface area contributed by atoms with E-state index in [2.05, 4.69) is 33.7 Å². The summed E-state index contributed by atoms with van der Waals surface area (Å²) >= 11 is 6.02. The molecule has 4 saturated carbocycles. The number of hydrogen-bond acceptors (Lipinski definition) is 5. The molecule has 1 aromatic carbocycles. The van der Waals surface area contributed by atoms with Crippen molar-refractivity contribution in [3.63, 3.8) is 0 Å². The van der Waals surface area contributed by atoms with Crippen molar-refractivity contribution in [2.75, 3.05) is 0 Å². The number of rotatable bonds is 5. The van der Waals surface area contributed by atoms with Crippen LogP contribution in [-0.2, 0) is 10.3 Å². The standard InChI is InChI=1S/C26H25ClN4O3/c27-18-4-6-22-19(7-18)21(32)8-23(34-22)24(33)30-25-12-26(13-25,14-25)31-11-17(10-29-31)20-5-3-16(9-28-20)15-1-2-15/h3-7,9-11,15,21,23,32H,1-2,8,12-14H2,(H,30,33)/t21-,23-,25?,26?/m1/s1. The molecule has 2 atom stereocenters. The summed E-state index contributed by atoms with van der Waals surface area (Å²) in [5, 5.41) is 18.8. The van der Waals surface area contributed by atoms with Crippen LogP contribution in [0.3, 0.4) is 0 Å². The monoisotopic (exact) mass is 476 g/mol. The fraction of sp³-hybridized carbons (Fsp3) is 0.423. The summed E-state index contributed by atoms with van der Waals surface area (Å²) in [6.45, 7) is 0. The summed E-state index contributed by atoms with van der Waals surface area (Å²) < 4.78 is 7.93. The molecule has 34 heavy (non-hydrogen) atoms. The van der Waals surface area contributed by atoms with Gasteiger partial charge >= 0.3 is 0 Å². The molecule has 1 aliphatic heterocycles. The minimum atomic E-state index is -0.771. The number of halogens is 1. The van der Waals surface area contributed by atoms with E-state index in [0.29, 0.717) is 22.3 Å². The highest BCUT2D eigenvalue weighted by molar-refractivity contribution is 6.30. The van der Waals surface area contributed by atoms with Gasteiger partial charge in [-0.05, 0) is 67.9 Å². The highest BCUT2D eigenvalue weighted by atomic mass is 35.5. The van der Waals surface area contributed by atoms with Gasteiger partial charge in [0.1, 0.15) is 5.75 Å².